The van der Waals surface area contributed by atoms with E-state index in [9.17, 15) is 0 Å². The second kappa shape index (κ2) is 6.39. The van der Waals surface area contributed by atoms with E-state index < -0.39 is 0 Å². The van der Waals surface area contributed by atoms with Crippen LogP contribution < -0.4 is 16.2 Å². The van der Waals surface area contributed by atoms with Gasteiger partial charge in [0.05, 0.1) is 0 Å². The molecule has 2 rings (SSSR count). The SMILES string of the molecule is CC1CCC(N(C)c2ncnc(NN)c2C(C)C)CC1. The number of nitrogens with one attached hydrogen (secondary N) is 1. The maximum atomic E-state index is 5.60. The van der Waals surface area contributed by atoms with E-state index in [0.717, 1.165) is 23.1 Å². The second-order valence-corrected chi connectivity index (χ2v) is 6.28. The zero-order valence-corrected chi connectivity index (χ0v) is 13.1. The van der Waals surface area contributed by atoms with Crippen molar-refractivity contribution in [3.05, 3.63) is 11.9 Å². The third-order valence-corrected chi connectivity index (χ3v) is 4.44. The van der Waals surface area contributed by atoms with Gasteiger partial charge < -0.3 is 10.3 Å². The van der Waals surface area contributed by atoms with E-state index in [0.29, 0.717) is 12.0 Å². The topological polar surface area (TPSA) is 67.1 Å². The molecule has 0 saturated heterocycles. The van der Waals surface area contributed by atoms with Gasteiger partial charge in [-0.2, -0.15) is 0 Å². The van der Waals surface area contributed by atoms with Crippen LogP contribution in [0, 0.1) is 5.92 Å². The highest BCUT2D eigenvalue weighted by Gasteiger charge is 2.25. The van der Waals surface area contributed by atoms with Crippen molar-refractivity contribution in [3.8, 4) is 0 Å². The van der Waals surface area contributed by atoms with Gasteiger partial charge in [-0.3, -0.25) is 0 Å². The van der Waals surface area contributed by atoms with Crippen molar-refractivity contribution in [2.75, 3.05) is 17.4 Å². The van der Waals surface area contributed by atoms with Crippen molar-refractivity contribution in [1.29, 1.82) is 0 Å². The lowest BCUT2D eigenvalue weighted by Crippen LogP contribution is -2.36. The summed E-state index contributed by atoms with van der Waals surface area (Å²) in [7, 11) is 2.15. The number of hydrogen-bond acceptors (Lipinski definition) is 5. The molecule has 1 fully saturated rings. The van der Waals surface area contributed by atoms with Crippen LogP contribution in [0.25, 0.3) is 0 Å². The summed E-state index contributed by atoms with van der Waals surface area (Å²) in [5, 5.41) is 0. The molecule has 5 nitrogen and oxygen atoms in total. The molecular weight excluding hydrogens is 250 g/mol. The molecule has 1 saturated carbocycles. The van der Waals surface area contributed by atoms with Crippen molar-refractivity contribution in [2.24, 2.45) is 11.8 Å². The molecule has 1 aliphatic rings. The first kappa shape index (κ1) is 15.0. The summed E-state index contributed by atoms with van der Waals surface area (Å²) in [5.41, 5.74) is 3.81. The Hall–Kier alpha value is -1.36. The van der Waals surface area contributed by atoms with Gasteiger partial charge in [-0.25, -0.2) is 15.8 Å². The van der Waals surface area contributed by atoms with E-state index in [1.807, 2.05) is 0 Å². The zero-order chi connectivity index (χ0) is 14.7. The monoisotopic (exact) mass is 277 g/mol. The van der Waals surface area contributed by atoms with Gasteiger partial charge in [-0.15, -0.1) is 0 Å². The Bertz CT molecular complexity index is 438. The average Bonchev–Trinajstić information content (AvgIpc) is 2.46. The first-order valence-electron chi connectivity index (χ1n) is 7.59. The molecule has 0 amide bonds. The van der Waals surface area contributed by atoms with Gasteiger partial charge in [0.2, 0.25) is 0 Å². The minimum atomic E-state index is 0.335. The maximum absolute atomic E-state index is 5.60. The molecule has 3 N–H and O–H groups in total. The quantitative estimate of drug-likeness (QED) is 0.654. The summed E-state index contributed by atoms with van der Waals surface area (Å²) in [6.07, 6.45) is 6.69. The number of aromatic nitrogens is 2. The first-order chi connectivity index (χ1) is 9.54. The van der Waals surface area contributed by atoms with Gasteiger partial charge in [-0.05, 0) is 37.5 Å². The molecular formula is C15H27N5. The van der Waals surface area contributed by atoms with Gasteiger partial charge >= 0.3 is 0 Å². The molecule has 1 aliphatic carbocycles. The highest BCUT2D eigenvalue weighted by Crippen LogP contribution is 2.34. The van der Waals surface area contributed by atoms with Crippen LogP contribution in [0.3, 0.4) is 0 Å². The minimum absolute atomic E-state index is 0.335. The molecule has 1 aromatic heterocycles. The third kappa shape index (κ3) is 3.03. The van der Waals surface area contributed by atoms with Crippen molar-refractivity contribution in [2.45, 2.75) is 58.4 Å². The van der Waals surface area contributed by atoms with E-state index in [4.69, 9.17) is 5.84 Å². The number of rotatable bonds is 4. The van der Waals surface area contributed by atoms with Crippen LogP contribution in [-0.2, 0) is 0 Å². The maximum Gasteiger partial charge on any atom is 0.148 e. The van der Waals surface area contributed by atoms with E-state index in [-0.39, 0.29) is 0 Å². The fourth-order valence-corrected chi connectivity index (χ4v) is 3.12. The van der Waals surface area contributed by atoms with Crippen molar-refractivity contribution in [3.63, 3.8) is 0 Å². The van der Waals surface area contributed by atoms with Crippen molar-refractivity contribution < 1.29 is 0 Å². The van der Waals surface area contributed by atoms with Crippen LogP contribution in [0.15, 0.2) is 6.33 Å². The van der Waals surface area contributed by atoms with Crippen molar-refractivity contribution >= 4 is 11.6 Å². The molecule has 0 atom stereocenters. The zero-order valence-electron chi connectivity index (χ0n) is 13.1. The highest BCUT2D eigenvalue weighted by atomic mass is 15.3. The lowest BCUT2D eigenvalue weighted by atomic mass is 9.86. The molecule has 0 radical (unpaired) electrons. The minimum Gasteiger partial charge on any atom is -0.356 e. The molecule has 20 heavy (non-hydrogen) atoms. The normalized spacial score (nSPS) is 22.9. The molecule has 0 spiro atoms. The third-order valence-electron chi connectivity index (χ3n) is 4.44. The van der Waals surface area contributed by atoms with E-state index in [1.54, 1.807) is 6.33 Å². The number of nitrogens with zero attached hydrogens (tertiary/aromatic N) is 3. The standard InChI is InChI=1S/C15H27N5/c1-10(2)13-14(19-16)17-9-18-15(13)20(4)12-7-5-11(3)6-8-12/h9-12H,5-8,16H2,1-4H3,(H,17,18,19). The number of nitrogens with two attached hydrogens (primary N) is 1. The van der Waals surface area contributed by atoms with Gasteiger partial charge in [0.15, 0.2) is 0 Å². The van der Waals surface area contributed by atoms with E-state index >= 15 is 0 Å². The summed E-state index contributed by atoms with van der Waals surface area (Å²) in [6.45, 7) is 6.65. The Morgan fingerprint density at radius 1 is 1.25 bits per heavy atom. The molecule has 1 heterocycles. The van der Waals surface area contributed by atoms with Gasteiger partial charge in [0.1, 0.15) is 18.0 Å². The predicted molar refractivity (Wildman–Crippen MR) is 83.8 cm³/mol. The van der Waals surface area contributed by atoms with Gasteiger partial charge in [-0.1, -0.05) is 20.8 Å². The highest BCUT2D eigenvalue weighted by molar-refractivity contribution is 5.60. The average molecular weight is 277 g/mol. The van der Waals surface area contributed by atoms with Crippen LogP contribution >= 0.6 is 0 Å². The van der Waals surface area contributed by atoms with Crippen molar-refractivity contribution in [1.82, 2.24) is 9.97 Å². The number of nitrogen functional groups attached to an aromatic ring is 1. The van der Waals surface area contributed by atoms with Crippen LogP contribution in [0.1, 0.15) is 57.9 Å². The summed E-state index contributed by atoms with van der Waals surface area (Å²) in [4.78, 5) is 11.1. The summed E-state index contributed by atoms with van der Waals surface area (Å²) in [6, 6.07) is 0.573. The molecule has 0 aliphatic heterocycles. The summed E-state index contributed by atoms with van der Waals surface area (Å²) >= 11 is 0. The van der Waals surface area contributed by atoms with Crippen LogP contribution in [0.2, 0.25) is 0 Å². The predicted octanol–water partition coefficient (Wildman–Crippen LogP) is 2.90. The molecule has 1 aromatic rings. The van der Waals surface area contributed by atoms with Crippen LogP contribution in [-0.4, -0.2) is 23.1 Å². The molecule has 0 unspecified atom stereocenters. The second-order valence-electron chi connectivity index (χ2n) is 6.28. The Labute approximate surface area is 121 Å². The van der Waals surface area contributed by atoms with Gasteiger partial charge in [0.25, 0.3) is 0 Å². The summed E-state index contributed by atoms with van der Waals surface area (Å²) in [5.74, 6) is 8.54. The molecule has 5 heteroatoms. The molecule has 112 valence electrons. The molecule has 0 aromatic carbocycles. The number of hydrazine groups is 1. The first-order valence-corrected chi connectivity index (χ1v) is 7.59. The fraction of sp³-hybridized carbons (Fsp3) is 0.733. The summed E-state index contributed by atoms with van der Waals surface area (Å²) < 4.78 is 0. The van der Waals surface area contributed by atoms with E-state index in [1.165, 1.54) is 25.7 Å². The fourth-order valence-electron chi connectivity index (χ4n) is 3.12. The smallest absolute Gasteiger partial charge is 0.148 e. The Balaban J connectivity index is 2.27. The van der Waals surface area contributed by atoms with Gasteiger partial charge in [0, 0.05) is 18.7 Å². The lowest BCUT2D eigenvalue weighted by Gasteiger charge is -2.35. The Morgan fingerprint density at radius 2 is 1.90 bits per heavy atom. The van der Waals surface area contributed by atoms with E-state index in [2.05, 4.69) is 48.1 Å². The van der Waals surface area contributed by atoms with Crippen LogP contribution in [0.4, 0.5) is 11.6 Å². The Morgan fingerprint density at radius 3 is 2.45 bits per heavy atom. The van der Waals surface area contributed by atoms with Crippen LogP contribution in [0.5, 0.6) is 0 Å². The number of anilines is 2. The lowest BCUT2D eigenvalue weighted by molar-refractivity contribution is 0.339. The number of hydrogen-bond donors (Lipinski definition) is 2. The molecule has 0 bridgehead atoms. The Kier molecular flexibility index (Phi) is 4.81. The largest absolute Gasteiger partial charge is 0.356 e.